The van der Waals surface area contributed by atoms with Crippen LogP contribution in [0.15, 0.2) is 66.9 Å². The summed E-state index contributed by atoms with van der Waals surface area (Å²) in [5.74, 6) is -2.98. The second-order valence-electron chi connectivity index (χ2n) is 11.1. The lowest BCUT2D eigenvalue weighted by molar-refractivity contribution is 0.0965. The highest BCUT2D eigenvalue weighted by Gasteiger charge is 2.28. The highest BCUT2D eigenvalue weighted by Crippen LogP contribution is 2.37. The molecule has 254 valence electrons. The normalized spacial score (nSPS) is 13.7. The van der Waals surface area contributed by atoms with Gasteiger partial charge in [0.25, 0.3) is 0 Å². The Morgan fingerprint density at radius 1 is 0.917 bits per heavy atom. The van der Waals surface area contributed by atoms with Crippen molar-refractivity contribution < 1.29 is 36.9 Å². The van der Waals surface area contributed by atoms with E-state index in [4.69, 9.17) is 18.9 Å². The first-order valence-electron chi connectivity index (χ1n) is 15.3. The minimum atomic E-state index is -1.19. The first-order chi connectivity index (χ1) is 23.2. The maximum Gasteiger partial charge on any atom is 0.425 e. The molecule has 0 bridgehead atoms. The third-order valence-corrected chi connectivity index (χ3v) is 7.78. The average Bonchev–Trinajstić information content (AvgIpc) is 3.08. The fourth-order valence-corrected chi connectivity index (χ4v) is 5.14. The molecule has 0 spiro atoms. The van der Waals surface area contributed by atoms with Crippen molar-refractivity contribution in [1.29, 1.82) is 0 Å². The number of hydrogen-bond acceptors (Lipinski definition) is 10. The van der Waals surface area contributed by atoms with Gasteiger partial charge in [-0.1, -0.05) is 6.07 Å². The molecule has 1 fully saturated rings. The number of piperazine rings is 1. The number of amides is 1. The first-order valence-corrected chi connectivity index (χ1v) is 15.3. The van der Waals surface area contributed by atoms with Crippen LogP contribution in [0.4, 0.5) is 41.1 Å². The summed E-state index contributed by atoms with van der Waals surface area (Å²) in [4.78, 5) is 27.8. The number of carbonyl (C=O) groups excluding carboxylic acids is 1. The van der Waals surface area contributed by atoms with Gasteiger partial charge in [-0.15, -0.1) is 0 Å². The van der Waals surface area contributed by atoms with Gasteiger partial charge in [0.2, 0.25) is 11.7 Å². The Kier molecular flexibility index (Phi) is 11.2. The van der Waals surface area contributed by atoms with Crippen LogP contribution in [-0.4, -0.2) is 85.5 Å². The van der Waals surface area contributed by atoms with Crippen molar-refractivity contribution in [2.45, 2.75) is 19.9 Å². The predicted molar refractivity (Wildman–Crippen MR) is 174 cm³/mol. The van der Waals surface area contributed by atoms with E-state index in [1.54, 1.807) is 12.1 Å². The van der Waals surface area contributed by atoms with E-state index in [9.17, 15) is 13.6 Å². The third kappa shape index (κ3) is 8.25. The molecule has 14 heteroatoms. The van der Waals surface area contributed by atoms with E-state index in [-0.39, 0.29) is 29.0 Å². The largest absolute Gasteiger partial charge is 0.497 e. The Labute approximate surface area is 276 Å². The first kappa shape index (κ1) is 34.3. The van der Waals surface area contributed by atoms with Crippen molar-refractivity contribution in [2.75, 3.05) is 63.8 Å². The van der Waals surface area contributed by atoms with E-state index in [2.05, 4.69) is 38.9 Å². The van der Waals surface area contributed by atoms with Gasteiger partial charge in [0.15, 0.2) is 23.2 Å². The number of hydrogen-bond donors (Lipinski definition) is 1. The number of halogens is 3. The quantitative estimate of drug-likeness (QED) is 0.183. The number of methoxy groups -OCH3 is 2. The zero-order valence-electron chi connectivity index (χ0n) is 27.1. The van der Waals surface area contributed by atoms with Crippen LogP contribution in [-0.2, 0) is 0 Å². The fourth-order valence-electron chi connectivity index (χ4n) is 5.14. The van der Waals surface area contributed by atoms with Gasteiger partial charge in [-0.2, -0.15) is 4.98 Å². The molecular formula is C34H37F3N6O5. The van der Waals surface area contributed by atoms with Crippen LogP contribution in [0.5, 0.6) is 23.0 Å². The molecule has 4 aromatic rings. The van der Waals surface area contributed by atoms with E-state index in [1.807, 2.05) is 0 Å². The lowest BCUT2D eigenvalue weighted by Gasteiger charge is -2.36. The van der Waals surface area contributed by atoms with Gasteiger partial charge in [0.1, 0.15) is 23.9 Å². The van der Waals surface area contributed by atoms with Crippen LogP contribution in [0.1, 0.15) is 13.8 Å². The molecule has 1 saturated heterocycles. The number of nitrogens with one attached hydrogen (secondary N) is 1. The van der Waals surface area contributed by atoms with Gasteiger partial charge in [0.05, 0.1) is 19.9 Å². The van der Waals surface area contributed by atoms with Gasteiger partial charge < -0.3 is 24.3 Å². The summed E-state index contributed by atoms with van der Waals surface area (Å²) < 4.78 is 65.5. The van der Waals surface area contributed by atoms with Gasteiger partial charge in [-0.3, -0.25) is 9.80 Å². The van der Waals surface area contributed by atoms with E-state index in [1.165, 1.54) is 50.7 Å². The van der Waals surface area contributed by atoms with Crippen molar-refractivity contribution in [3.63, 3.8) is 0 Å². The second kappa shape index (κ2) is 15.7. The molecule has 11 nitrogen and oxygen atoms in total. The topological polar surface area (TPSA) is 102 Å². The van der Waals surface area contributed by atoms with Gasteiger partial charge in [0, 0.05) is 68.8 Å². The Hall–Kier alpha value is -5.08. The molecule has 1 N–H and O–H groups in total. The van der Waals surface area contributed by atoms with Gasteiger partial charge in [-0.05, 0) is 50.2 Å². The third-order valence-electron chi connectivity index (χ3n) is 7.78. The molecule has 0 aliphatic carbocycles. The van der Waals surface area contributed by atoms with Crippen LogP contribution < -0.4 is 29.2 Å². The van der Waals surface area contributed by atoms with Crippen LogP contribution in [0.3, 0.4) is 0 Å². The molecular weight excluding hydrogens is 629 g/mol. The second-order valence-corrected chi connectivity index (χ2v) is 11.1. The van der Waals surface area contributed by atoms with Crippen molar-refractivity contribution in [3.05, 3.63) is 84.3 Å². The summed E-state index contributed by atoms with van der Waals surface area (Å²) in [6, 6.07) is 13.9. The smallest absolute Gasteiger partial charge is 0.425 e. The van der Waals surface area contributed by atoms with E-state index < -0.39 is 29.3 Å². The van der Waals surface area contributed by atoms with E-state index in [0.717, 1.165) is 49.3 Å². The summed E-state index contributed by atoms with van der Waals surface area (Å²) in [5.41, 5.74) is 0.436. The minimum Gasteiger partial charge on any atom is -0.497 e. The van der Waals surface area contributed by atoms with Crippen LogP contribution in [0.2, 0.25) is 0 Å². The molecule has 5 rings (SSSR count). The van der Waals surface area contributed by atoms with E-state index in [0.29, 0.717) is 30.6 Å². The number of rotatable bonds is 12. The van der Waals surface area contributed by atoms with Crippen molar-refractivity contribution >= 4 is 29.2 Å². The summed E-state index contributed by atoms with van der Waals surface area (Å²) in [5, 5.41) is 2.91. The number of anilines is 4. The minimum absolute atomic E-state index is 0.0107. The van der Waals surface area contributed by atoms with Crippen molar-refractivity contribution in [3.8, 4) is 23.0 Å². The molecule has 0 atom stereocenters. The maximum absolute atomic E-state index is 15.0. The highest BCUT2D eigenvalue weighted by atomic mass is 19.1. The Morgan fingerprint density at radius 2 is 1.67 bits per heavy atom. The molecule has 1 aliphatic heterocycles. The lowest BCUT2D eigenvalue weighted by atomic mass is 10.2. The summed E-state index contributed by atoms with van der Waals surface area (Å²) in [6.07, 6.45) is 0.154. The van der Waals surface area contributed by atoms with Crippen LogP contribution >= 0.6 is 0 Å². The zero-order valence-corrected chi connectivity index (χ0v) is 27.1. The maximum atomic E-state index is 15.0. The van der Waals surface area contributed by atoms with E-state index >= 15 is 4.39 Å². The monoisotopic (exact) mass is 666 g/mol. The van der Waals surface area contributed by atoms with Crippen molar-refractivity contribution in [2.24, 2.45) is 0 Å². The molecule has 1 aromatic heterocycles. The predicted octanol–water partition coefficient (Wildman–Crippen LogP) is 6.40. The summed E-state index contributed by atoms with van der Waals surface area (Å²) >= 11 is 0. The number of nitrogens with zero attached hydrogens (tertiary/aromatic N) is 5. The number of para-hydroxylation sites is 1. The standard InChI is InChI=1S/C34H37F3N6O5/c1-22(2)42-16-14-41(15-17-42)18-19-47-29-11-8-23(20-27(29)37)39-33-38-13-12-31(40-33)43(28-10-9-24(45-3)21-30(28)46-4)34(44)48-32-25(35)6-5-7-26(32)36/h5-13,20-22H,14-19H2,1-4H3,(H,38,39,40). The van der Waals surface area contributed by atoms with Crippen molar-refractivity contribution in [1.82, 2.24) is 19.8 Å². The SMILES string of the molecule is COc1ccc(N(C(=O)Oc2c(F)cccc2F)c2ccnc(Nc3ccc(OCCN4CCN(C(C)C)CC4)c(F)c3)n2)c(OC)c1. The Morgan fingerprint density at radius 3 is 2.33 bits per heavy atom. The molecule has 0 saturated carbocycles. The molecule has 2 heterocycles. The summed E-state index contributed by atoms with van der Waals surface area (Å²) in [6.45, 7) is 9.26. The van der Waals surface area contributed by atoms with Gasteiger partial charge >= 0.3 is 6.09 Å². The molecule has 48 heavy (non-hydrogen) atoms. The lowest BCUT2D eigenvalue weighted by Crippen LogP contribution is -2.49. The summed E-state index contributed by atoms with van der Waals surface area (Å²) in [7, 11) is 2.84. The molecule has 0 radical (unpaired) electrons. The molecule has 3 aromatic carbocycles. The number of ether oxygens (including phenoxy) is 4. The number of benzene rings is 3. The molecule has 0 unspecified atom stereocenters. The molecule has 1 aliphatic rings. The van der Waals surface area contributed by atoms with Gasteiger partial charge in [-0.25, -0.2) is 27.8 Å². The Balaban J connectivity index is 1.33. The number of carbonyl (C=O) groups is 1. The highest BCUT2D eigenvalue weighted by molar-refractivity contribution is 5.98. The zero-order chi connectivity index (χ0) is 34.2. The Bertz CT molecular complexity index is 1700. The van der Waals surface area contributed by atoms with Crippen LogP contribution in [0, 0.1) is 17.5 Å². The fraction of sp³-hybridized carbons (Fsp3) is 0.324. The molecule has 1 amide bonds. The average molecular weight is 667 g/mol. The number of aromatic nitrogens is 2. The van der Waals surface area contributed by atoms with Crippen LogP contribution in [0.25, 0.3) is 0 Å².